The largest absolute Gasteiger partial charge is 0.490 e. The second kappa shape index (κ2) is 4.45. The van der Waals surface area contributed by atoms with Gasteiger partial charge in [-0.25, -0.2) is 4.98 Å². The van der Waals surface area contributed by atoms with Crippen molar-refractivity contribution in [2.45, 2.75) is 13.8 Å². The lowest BCUT2D eigenvalue weighted by atomic mass is 10.3. The molecule has 0 atom stereocenters. The molecule has 1 amide bonds. The summed E-state index contributed by atoms with van der Waals surface area (Å²) in [6.45, 7) is 4.30. The van der Waals surface area contributed by atoms with Gasteiger partial charge in [0.2, 0.25) is 0 Å². The van der Waals surface area contributed by atoms with E-state index >= 15 is 0 Å². The van der Waals surface area contributed by atoms with Crippen molar-refractivity contribution in [3.05, 3.63) is 29.7 Å². The fraction of sp³-hybridized carbons (Fsp3) is 0.333. The van der Waals surface area contributed by atoms with Crippen LogP contribution in [0.15, 0.2) is 18.3 Å². The number of nitrogens with one attached hydrogen (secondary N) is 1. The van der Waals surface area contributed by atoms with Gasteiger partial charge in [-0.2, -0.15) is 0 Å². The van der Waals surface area contributed by atoms with Gasteiger partial charge in [0.1, 0.15) is 5.69 Å². The molecule has 0 aliphatic heterocycles. The van der Waals surface area contributed by atoms with Crippen LogP contribution in [0.4, 0.5) is 0 Å². The van der Waals surface area contributed by atoms with Crippen LogP contribution < -0.4 is 10.1 Å². The monoisotopic (exact) mass is 233 g/mol. The summed E-state index contributed by atoms with van der Waals surface area (Å²) in [7, 11) is 1.60. The van der Waals surface area contributed by atoms with Crippen LogP contribution in [0.2, 0.25) is 0 Å². The molecule has 0 unspecified atom stereocenters. The van der Waals surface area contributed by atoms with E-state index in [0.717, 1.165) is 0 Å². The Morgan fingerprint density at radius 2 is 2.35 bits per heavy atom. The lowest BCUT2D eigenvalue weighted by molar-refractivity contribution is 0.0956. The molecule has 0 aliphatic rings. The fourth-order valence-corrected chi connectivity index (χ4v) is 1.82. The predicted molar refractivity (Wildman–Crippen MR) is 64.5 cm³/mol. The molecule has 2 rings (SSSR count). The molecule has 0 aromatic carbocycles. The molecule has 5 heteroatoms. The molecule has 5 nitrogen and oxygen atoms in total. The van der Waals surface area contributed by atoms with E-state index in [1.54, 1.807) is 11.4 Å². The summed E-state index contributed by atoms with van der Waals surface area (Å²) in [4.78, 5) is 16.1. The molecule has 0 aliphatic carbocycles. The Bertz CT molecular complexity index is 560. The average molecular weight is 233 g/mol. The van der Waals surface area contributed by atoms with Crippen LogP contribution in [0.1, 0.15) is 23.1 Å². The zero-order chi connectivity index (χ0) is 12.4. The third-order valence-corrected chi connectivity index (χ3v) is 2.53. The van der Waals surface area contributed by atoms with Crippen molar-refractivity contribution in [2.75, 3.05) is 13.7 Å². The van der Waals surface area contributed by atoms with E-state index in [4.69, 9.17) is 4.74 Å². The maximum atomic E-state index is 11.8. The molecule has 90 valence electrons. The number of amides is 1. The Morgan fingerprint density at radius 3 is 3.00 bits per heavy atom. The number of hydrogen-bond acceptors (Lipinski definition) is 3. The van der Waals surface area contributed by atoms with Crippen LogP contribution in [-0.4, -0.2) is 28.9 Å². The number of nitrogens with zero attached hydrogens (tertiary/aromatic N) is 2. The molecule has 17 heavy (non-hydrogen) atoms. The van der Waals surface area contributed by atoms with Crippen molar-refractivity contribution < 1.29 is 9.53 Å². The van der Waals surface area contributed by atoms with Gasteiger partial charge in [-0.15, -0.1) is 0 Å². The molecular weight excluding hydrogens is 218 g/mol. The van der Waals surface area contributed by atoms with Gasteiger partial charge >= 0.3 is 0 Å². The quantitative estimate of drug-likeness (QED) is 0.871. The van der Waals surface area contributed by atoms with Crippen molar-refractivity contribution in [1.82, 2.24) is 14.7 Å². The first-order valence-corrected chi connectivity index (χ1v) is 5.51. The first-order valence-electron chi connectivity index (χ1n) is 5.51. The molecule has 2 heterocycles. The SMILES string of the molecule is CCOc1cccn2c(C(=O)NC)c(C)nc12. The fourth-order valence-electron chi connectivity index (χ4n) is 1.82. The van der Waals surface area contributed by atoms with E-state index in [1.165, 1.54) is 0 Å². The van der Waals surface area contributed by atoms with E-state index in [0.29, 0.717) is 29.4 Å². The molecule has 0 spiro atoms. The van der Waals surface area contributed by atoms with E-state index in [9.17, 15) is 4.79 Å². The van der Waals surface area contributed by atoms with Crippen LogP contribution >= 0.6 is 0 Å². The van der Waals surface area contributed by atoms with E-state index in [1.807, 2.05) is 32.2 Å². The minimum Gasteiger partial charge on any atom is -0.490 e. The van der Waals surface area contributed by atoms with Crippen LogP contribution in [0.3, 0.4) is 0 Å². The van der Waals surface area contributed by atoms with E-state index in [2.05, 4.69) is 10.3 Å². The molecule has 0 bridgehead atoms. The maximum absolute atomic E-state index is 11.8. The molecular formula is C12H15N3O2. The second-order valence-electron chi connectivity index (χ2n) is 3.62. The number of fused-ring (bicyclic) bond motifs is 1. The van der Waals surface area contributed by atoms with E-state index in [-0.39, 0.29) is 5.91 Å². The van der Waals surface area contributed by atoms with Gasteiger partial charge in [-0.3, -0.25) is 9.20 Å². The number of aryl methyl sites for hydroxylation is 1. The van der Waals surface area contributed by atoms with Crippen molar-refractivity contribution in [3.63, 3.8) is 0 Å². The van der Waals surface area contributed by atoms with Crippen molar-refractivity contribution in [2.24, 2.45) is 0 Å². The van der Waals surface area contributed by atoms with Gasteiger partial charge < -0.3 is 10.1 Å². The van der Waals surface area contributed by atoms with Crippen LogP contribution in [0.5, 0.6) is 5.75 Å². The highest BCUT2D eigenvalue weighted by Gasteiger charge is 2.17. The van der Waals surface area contributed by atoms with Crippen molar-refractivity contribution in [3.8, 4) is 5.75 Å². The van der Waals surface area contributed by atoms with Gasteiger partial charge in [0.15, 0.2) is 11.4 Å². The smallest absolute Gasteiger partial charge is 0.269 e. The highest BCUT2D eigenvalue weighted by molar-refractivity contribution is 5.94. The lowest BCUT2D eigenvalue weighted by Gasteiger charge is -2.05. The number of ether oxygens (including phenoxy) is 1. The van der Waals surface area contributed by atoms with E-state index < -0.39 is 0 Å². The molecule has 2 aromatic heterocycles. The van der Waals surface area contributed by atoms with Crippen molar-refractivity contribution >= 4 is 11.6 Å². The summed E-state index contributed by atoms with van der Waals surface area (Å²) in [6, 6.07) is 3.68. The van der Waals surface area contributed by atoms with Gasteiger partial charge in [0.25, 0.3) is 5.91 Å². The highest BCUT2D eigenvalue weighted by Crippen LogP contribution is 2.21. The summed E-state index contributed by atoms with van der Waals surface area (Å²) in [5, 5.41) is 2.61. The van der Waals surface area contributed by atoms with Crippen LogP contribution in [0, 0.1) is 6.92 Å². The predicted octanol–water partition coefficient (Wildman–Crippen LogP) is 1.40. The zero-order valence-corrected chi connectivity index (χ0v) is 10.2. The number of rotatable bonds is 3. The molecule has 1 N–H and O–H groups in total. The first-order chi connectivity index (χ1) is 8.19. The Balaban J connectivity index is 2.67. The summed E-state index contributed by atoms with van der Waals surface area (Å²) in [6.07, 6.45) is 1.81. The average Bonchev–Trinajstić information content (AvgIpc) is 2.66. The lowest BCUT2D eigenvalue weighted by Crippen LogP contribution is -2.20. The standard InChI is InChI=1S/C12H15N3O2/c1-4-17-9-6-5-7-15-10(12(16)13-3)8(2)14-11(9)15/h5-7H,4H2,1-3H3,(H,13,16). The van der Waals surface area contributed by atoms with Crippen molar-refractivity contribution in [1.29, 1.82) is 0 Å². The van der Waals surface area contributed by atoms with Crippen LogP contribution in [0.25, 0.3) is 5.65 Å². The normalized spacial score (nSPS) is 10.5. The minimum atomic E-state index is -0.149. The maximum Gasteiger partial charge on any atom is 0.269 e. The number of pyridine rings is 1. The summed E-state index contributed by atoms with van der Waals surface area (Å²) in [5.41, 5.74) is 1.91. The third-order valence-electron chi connectivity index (χ3n) is 2.53. The number of carbonyl (C=O) groups is 1. The Morgan fingerprint density at radius 1 is 1.59 bits per heavy atom. The number of aromatic nitrogens is 2. The first kappa shape index (κ1) is 11.4. The topological polar surface area (TPSA) is 55.6 Å². The Labute approximate surface area is 99.4 Å². The molecule has 0 radical (unpaired) electrons. The number of carbonyl (C=O) groups excluding carboxylic acids is 1. The summed E-state index contributed by atoms with van der Waals surface area (Å²) in [5.74, 6) is 0.539. The van der Waals surface area contributed by atoms with Gasteiger partial charge in [-0.1, -0.05) is 0 Å². The molecule has 0 saturated carbocycles. The Kier molecular flexibility index (Phi) is 2.99. The highest BCUT2D eigenvalue weighted by atomic mass is 16.5. The van der Waals surface area contributed by atoms with Crippen LogP contribution in [-0.2, 0) is 0 Å². The van der Waals surface area contributed by atoms with Gasteiger partial charge in [-0.05, 0) is 26.0 Å². The van der Waals surface area contributed by atoms with Gasteiger partial charge in [0, 0.05) is 13.2 Å². The Hall–Kier alpha value is -2.04. The summed E-state index contributed by atoms with van der Waals surface area (Å²) < 4.78 is 7.23. The molecule has 2 aromatic rings. The number of hydrogen-bond donors (Lipinski definition) is 1. The molecule has 0 saturated heterocycles. The minimum absolute atomic E-state index is 0.149. The second-order valence-corrected chi connectivity index (χ2v) is 3.62. The molecule has 0 fully saturated rings. The van der Waals surface area contributed by atoms with Gasteiger partial charge in [0.05, 0.1) is 12.3 Å². The third kappa shape index (κ3) is 1.84. The summed E-state index contributed by atoms with van der Waals surface area (Å²) >= 11 is 0. The number of imidazole rings is 1. The zero-order valence-electron chi connectivity index (χ0n) is 10.2.